The Labute approximate surface area is 115 Å². The van der Waals surface area contributed by atoms with Crippen molar-refractivity contribution in [2.24, 2.45) is 0 Å². The Hall–Kier alpha value is -1.04. The monoisotopic (exact) mass is 264 g/mol. The van der Waals surface area contributed by atoms with Crippen molar-refractivity contribution in [3.05, 3.63) is 23.8 Å². The van der Waals surface area contributed by atoms with Crippen LogP contribution in [0.2, 0.25) is 0 Å². The van der Waals surface area contributed by atoms with E-state index in [9.17, 15) is 0 Å². The van der Waals surface area contributed by atoms with Crippen molar-refractivity contribution in [3.8, 4) is 0 Å². The van der Waals surface area contributed by atoms with E-state index in [1.165, 1.54) is 0 Å². The van der Waals surface area contributed by atoms with Crippen molar-refractivity contribution in [1.82, 2.24) is 20.2 Å². The molecule has 1 aromatic rings. The Kier molecular flexibility index (Phi) is 5.69. The largest absolute Gasteiger partial charge is 0.379 e. The van der Waals surface area contributed by atoms with Crippen LogP contribution in [0.5, 0.6) is 0 Å². The summed E-state index contributed by atoms with van der Waals surface area (Å²) in [4.78, 5) is 11.1. The Morgan fingerprint density at radius 3 is 2.79 bits per heavy atom. The number of nitrogens with one attached hydrogen (secondary N) is 1. The van der Waals surface area contributed by atoms with Gasteiger partial charge in [-0.1, -0.05) is 0 Å². The van der Waals surface area contributed by atoms with Gasteiger partial charge in [0.2, 0.25) is 0 Å². The second-order valence-electron chi connectivity index (χ2n) is 5.01. The second kappa shape index (κ2) is 7.53. The number of ether oxygens (including phenoxy) is 1. The van der Waals surface area contributed by atoms with Gasteiger partial charge in [0, 0.05) is 31.5 Å². The van der Waals surface area contributed by atoms with E-state index in [4.69, 9.17) is 4.74 Å². The molecule has 1 atom stereocenters. The Morgan fingerprint density at radius 2 is 2.05 bits per heavy atom. The minimum Gasteiger partial charge on any atom is -0.379 e. The lowest BCUT2D eigenvalue weighted by molar-refractivity contribution is 0.0374. The van der Waals surface area contributed by atoms with Crippen molar-refractivity contribution < 1.29 is 4.74 Å². The van der Waals surface area contributed by atoms with Crippen LogP contribution in [0.4, 0.5) is 0 Å². The lowest BCUT2D eigenvalue weighted by atomic mass is 10.2. The highest BCUT2D eigenvalue weighted by Crippen LogP contribution is 2.11. The van der Waals surface area contributed by atoms with Gasteiger partial charge in [-0.2, -0.15) is 0 Å². The van der Waals surface area contributed by atoms with Crippen LogP contribution in [-0.2, 0) is 4.74 Å². The van der Waals surface area contributed by atoms with E-state index < -0.39 is 0 Å². The summed E-state index contributed by atoms with van der Waals surface area (Å²) >= 11 is 0. The van der Waals surface area contributed by atoms with Crippen LogP contribution in [0.3, 0.4) is 0 Å². The zero-order valence-electron chi connectivity index (χ0n) is 11.9. The fourth-order valence-corrected chi connectivity index (χ4v) is 2.39. The number of hydrogen-bond donors (Lipinski definition) is 1. The maximum Gasteiger partial charge on any atom is 0.0782 e. The SMILES string of the molecule is Cc1nccnc1C(C)NCCCN1CCOCC1. The van der Waals surface area contributed by atoms with Crippen molar-refractivity contribution in [2.75, 3.05) is 39.4 Å². The fourth-order valence-electron chi connectivity index (χ4n) is 2.39. The first kappa shape index (κ1) is 14.4. The smallest absolute Gasteiger partial charge is 0.0782 e. The highest BCUT2D eigenvalue weighted by molar-refractivity contribution is 5.12. The maximum absolute atomic E-state index is 5.34. The summed E-state index contributed by atoms with van der Waals surface area (Å²) in [5.41, 5.74) is 2.06. The lowest BCUT2D eigenvalue weighted by Gasteiger charge is -2.26. The van der Waals surface area contributed by atoms with Crippen molar-refractivity contribution in [1.29, 1.82) is 0 Å². The molecule has 0 saturated carbocycles. The number of morpholine rings is 1. The molecule has 0 spiro atoms. The average molecular weight is 264 g/mol. The molecule has 5 nitrogen and oxygen atoms in total. The summed E-state index contributed by atoms with van der Waals surface area (Å²) in [6.45, 7) is 10.2. The van der Waals surface area contributed by atoms with E-state index >= 15 is 0 Å². The van der Waals surface area contributed by atoms with E-state index in [0.29, 0.717) is 0 Å². The third kappa shape index (κ3) is 4.53. The lowest BCUT2D eigenvalue weighted by Crippen LogP contribution is -2.37. The number of aryl methyl sites for hydroxylation is 1. The summed E-state index contributed by atoms with van der Waals surface area (Å²) < 4.78 is 5.34. The first-order valence-corrected chi connectivity index (χ1v) is 7.08. The van der Waals surface area contributed by atoms with Crippen LogP contribution in [0.15, 0.2) is 12.4 Å². The number of nitrogens with zero attached hydrogens (tertiary/aromatic N) is 3. The Balaban J connectivity index is 1.66. The Morgan fingerprint density at radius 1 is 1.32 bits per heavy atom. The van der Waals surface area contributed by atoms with Gasteiger partial charge < -0.3 is 10.1 Å². The maximum atomic E-state index is 5.34. The van der Waals surface area contributed by atoms with Crippen LogP contribution in [-0.4, -0.2) is 54.3 Å². The van der Waals surface area contributed by atoms with E-state index in [2.05, 4.69) is 27.1 Å². The molecule has 2 rings (SSSR count). The molecule has 2 heterocycles. The molecular formula is C14H24N4O. The van der Waals surface area contributed by atoms with E-state index in [1.54, 1.807) is 12.4 Å². The van der Waals surface area contributed by atoms with Gasteiger partial charge in [-0.05, 0) is 33.4 Å². The quantitative estimate of drug-likeness (QED) is 0.781. The fraction of sp³-hybridized carbons (Fsp3) is 0.714. The van der Waals surface area contributed by atoms with Gasteiger partial charge in [0.05, 0.1) is 24.6 Å². The number of aromatic nitrogens is 2. The summed E-state index contributed by atoms with van der Waals surface area (Å²) in [5.74, 6) is 0. The highest BCUT2D eigenvalue weighted by Gasteiger charge is 2.11. The van der Waals surface area contributed by atoms with Crippen LogP contribution in [0, 0.1) is 6.92 Å². The summed E-state index contributed by atoms with van der Waals surface area (Å²) in [6.07, 6.45) is 4.65. The molecule has 1 fully saturated rings. The van der Waals surface area contributed by atoms with E-state index in [0.717, 1.165) is 57.2 Å². The molecule has 0 aromatic carbocycles. The van der Waals surface area contributed by atoms with Gasteiger partial charge in [-0.25, -0.2) is 0 Å². The normalized spacial score (nSPS) is 18.4. The van der Waals surface area contributed by atoms with Crippen LogP contribution < -0.4 is 5.32 Å². The summed E-state index contributed by atoms with van der Waals surface area (Å²) in [6, 6.07) is 0.262. The first-order valence-electron chi connectivity index (χ1n) is 7.08. The molecule has 5 heteroatoms. The van der Waals surface area contributed by atoms with E-state index in [-0.39, 0.29) is 6.04 Å². The highest BCUT2D eigenvalue weighted by atomic mass is 16.5. The van der Waals surface area contributed by atoms with Crippen molar-refractivity contribution in [2.45, 2.75) is 26.3 Å². The van der Waals surface area contributed by atoms with Gasteiger partial charge in [-0.15, -0.1) is 0 Å². The molecule has 0 radical (unpaired) electrons. The van der Waals surface area contributed by atoms with Gasteiger partial charge in [-0.3, -0.25) is 14.9 Å². The predicted molar refractivity (Wildman–Crippen MR) is 75.1 cm³/mol. The zero-order valence-corrected chi connectivity index (χ0v) is 11.9. The zero-order chi connectivity index (χ0) is 13.5. The molecule has 1 unspecified atom stereocenters. The van der Waals surface area contributed by atoms with Crippen molar-refractivity contribution >= 4 is 0 Å². The van der Waals surface area contributed by atoms with Gasteiger partial charge in [0.1, 0.15) is 0 Å². The number of hydrogen-bond acceptors (Lipinski definition) is 5. The standard InChI is InChI=1S/C14H24N4O/c1-12(14-13(2)16-5-6-17-14)15-4-3-7-18-8-10-19-11-9-18/h5-6,12,15H,3-4,7-11H2,1-2H3. The molecule has 106 valence electrons. The third-order valence-electron chi connectivity index (χ3n) is 3.53. The van der Waals surface area contributed by atoms with Crippen LogP contribution in [0.25, 0.3) is 0 Å². The number of rotatable bonds is 6. The molecule has 1 N–H and O–H groups in total. The molecule has 0 aliphatic carbocycles. The van der Waals surface area contributed by atoms with Gasteiger partial charge in [0.25, 0.3) is 0 Å². The molecule has 0 amide bonds. The van der Waals surface area contributed by atoms with Gasteiger partial charge in [0.15, 0.2) is 0 Å². The summed E-state index contributed by atoms with van der Waals surface area (Å²) in [7, 11) is 0. The average Bonchev–Trinajstić information content (AvgIpc) is 2.45. The first-order chi connectivity index (χ1) is 9.27. The molecule has 1 aliphatic rings. The third-order valence-corrected chi connectivity index (χ3v) is 3.53. The van der Waals surface area contributed by atoms with Crippen molar-refractivity contribution in [3.63, 3.8) is 0 Å². The van der Waals surface area contributed by atoms with Crippen LogP contribution in [0.1, 0.15) is 30.8 Å². The van der Waals surface area contributed by atoms with Crippen LogP contribution >= 0.6 is 0 Å². The molecule has 1 saturated heterocycles. The van der Waals surface area contributed by atoms with Gasteiger partial charge >= 0.3 is 0 Å². The molecule has 1 aliphatic heterocycles. The minimum absolute atomic E-state index is 0.262. The predicted octanol–water partition coefficient (Wildman–Crippen LogP) is 1.16. The molecule has 0 bridgehead atoms. The second-order valence-corrected chi connectivity index (χ2v) is 5.01. The molecular weight excluding hydrogens is 240 g/mol. The minimum atomic E-state index is 0.262. The Bertz CT molecular complexity index is 379. The summed E-state index contributed by atoms with van der Waals surface area (Å²) in [5, 5.41) is 3.52. The molecule has 19 heavy (non-hydrogen) atoms. The van der Waals surface area contributed by atoms with E-state index in [1.807, 2.05) is 6.92 Å². The molecule has 1 aromatic heterocycles. The topological polar surface area (TPSA) is 50.3 Å².